The van der Waals surface area contributed by atoms with E-state index < -0.39 is 0 Å². The number of carboxylic acid groups (broad SMARTS) is 2. The first-order valence-corrected chi connectivity index (χ1v) is 29.8. The molecule has 466 valence electrons. The van der Waals surface area contributed by atoms with Gasteiger partial charge in [-0.1, -0.05) is 0 Å². The average molecular weight is 1290 g/mol. The van der Waals surface area contributed by atoms with Gasteiger partial charge in [0.2, 0.25) is 0 Å². The fourth-order valence-corrected chi connectivity index (χ4v) is 10.2. The maximum Gasteiger partial charge on any atom is 0.291 e. The molecule has 1 atom stereocenters. The number of nitrogens with one attached hydrogen (secondary N) is 6. The van der Waals surface area contributed by atoms with Crippen molar-refractivity contribution in [3.05, 3.63) is 144 Å². The Bertz CT molecular complexity index is 3910. The molecule has 1 fully saturated rings. The molecule has 12 aromatic rings. The maximum absolute atomic E-state index is 12.7. The number of rotatable bonds is 21. The molecular formula is C56H56N18O13S3. The quantitative estimate of drug-likeness (QED) is 0.0245. The Balaban J connectivity index is 0.000000153. The van der Waals surface area contributed by atoms with Crippen molar-refractivity contribution in [3.63, 3.8) is 0 Å². The first-order valence-electron chi connectivity index (χ1n) is 27.1. The van der Waals surface area contributed by atoms with E-state index in [4.69, 9.17) is 47.3 Å². The van der Waals surface area contributed by atoms with E-state index in [1.54, 1.807) is 114 Å². The van der Waals surface area contributed by atoms with Gasteiger partial charge in [0.25, 0.3) is 30.7 Å². The molecule has 8 N–H and O–H groups in total. The van der Waals surface area contributed by atoms with Crippen LogP contribution >= 0.6 is 34.0 Å². The van der Waals surface area contributed by atoms with E-state index in [1.807, 2.05) is 40.9 Å². The lowest BCUT2D eigenvalue weighted by molar-refractivity contribution is -0.123. The van der Waals surface area contributed by atoms with Crippen LogP contribution in [-0.4, -0.2) is 155 Å². The van der Waals surface area contributed by atoms with Gasteiger partial charge >= 0.3 is 0 Å². The highest BCUT2D eigenvalue weighted by Crippen LogP contribution is 2.34. The highest BCUT2D eigenvalue weighted by molar-refractivity contribution is 7.13. The van der Waals surface area contributed by atoms with Gasteiger partial charge in [-0.3, -0.25) is 53.3 Å². The number of hydrogen-bond donors (Lipinski definition) is 8. The van der Waals surface area contributed by atoms with Gasteiger partial charge in [-0.25, -0.2) is 15.0 Å². The molecule has 34 heteroatoms. The third kappa shape index (κ3) is 16.8. The van der Waals surface area contributed by atoms with Gasteiger partial charge in [-0.05, 0) is 56.7 Å². The topological polar surface area (TPSA) is 407 Å². The van der Waals surface area contributed by atoms with Crippen molar-refractivity contribution in [1.29, 1.82) is 0 Å². The van der Waals surface area contributed by atoms with Crippen LogP contribution in [0.3, 0.4) is 0 Å². The van der Waals surface area contributed by atoms with Crippen LogP contribution in [0.4, 0.5) is 17.1 Å². The number of thiazole rings is 3. The number of aromatic amines is 3. The summed E-state index contributed by atoms with van der Waals surface area (Å²) in [5.41, 5.74) is 5.90. The van der Waals surface area contributed by atoms with Crippen molar-refractivity contribution in [2.24, 2.45) is 0 Å². The lowest BCUT2D eigenvalue weighted by Crippen LogP contribution is -2.11. The zero-order valence-corrected chi connectivity index (χ0v) is 50.1. The van der Waals surface area contributed by atoms with Crippen LogP contribution in [0, 0.1) is 0 Å². The van der Waals surface area contributed by atoms with Crippen molar-refractivity contribution >= 4 is 81.7 Å². The van der Waals surface area contributed by atoms with Crippen molar-refractivity contribution in [2.75, 3.05) is 55.6 Å². The second-order valence-electron chi connectivity index (χ2n) is 18.1. The first kappa shape index (κ1) is 63.7. The molecule has 0 bridgehead atoms. The predicted octanol–water partition coefficient (Wildman–Crippen LogP) is 9.16. The van der Waals surface area contributed by atoms with Gasteiger partial charge < -0.3 is 53.6 Å². The lowest BCUT2D eigenvalue weighted by Gasteiger charge is -2.06. The van der Waals surface area contributed by atoms with E-state index in [0.717, 1.165) is 38.1 Å². The summed E-state index contributed by atoms with van der Waals surface area (Å²) in [6.45, 7) is 8.21. The van der Waals surface area contributed by atoms with Gasteiger partial charge in [0, 0.05) is 91.7 Å². The fraction of sp³-hybridized carbons (Fsp3) is 0.214. The standard InChI is InChI=1S/C18H16N6O3S.2C18H18N6O3S.2CH2O2/c25-17(15-2-1-14(27-15)11-7-20-21-8-11)22-13-9-24(12-3-5-26-10-12)23-16(13)18-19-4-6-28-18;2*1-2-26-7-6-24-11-13(16(23-24)18-19-5-8-28-18)22-17(25)15-4-3-14(27-15)12-9-20-21-10-12;2*2-1-3/h1-2,4,6-9,12H,3,5,10H2,(H,20,21)(H,22,25);2*3-5,8-11H,2,6-7H2,1H3,(H,20,21)(H,22,25);2*1H,(H,2,3). The summed E-state index contributed by atoms with van der Waals surface area (Å²) in [4.78, 5) is 67.8. The van der Waals surface area contributed by atoms with Crippen LogP contribution in [0.5, 0.6) is 0 Å². The van der Waals surface area contributed by atoms with Crippen LogP contribution in [-0.2, 0) is 36.9 Å². The third-order valence-electron chi connectivity index (χ3n) is 12.4. The second-order valence-corrected chi connectivity index (χ2v) is 20.8. The first-order chi connectivity index (χ1) is 44.1. The lowest BCUT2D eigenvalue weighted by atomic mass is 10.3. The number of hydrogen-bond acceptors (Lipinski definition) is 23. The number of nitrogens with zero attached hydrogens (tertiary/aromatic N) is 12. The summed E-state index contributed by atoms with van der Waals surface area (Å²) >= 11 is 4.38. The van der Waals surface area contributed by atoms with E-state index in [2.05, 4.69) is 76.8 Å². The number of furan rings is 3. The number of carbonyl (C=O) groups is 5. The van der Waals surface area contributed by atoms with Crippen LogP contribution < -0.4 is 16.0 Å². The molecule has 1 unspecified atom stereocenters. The molecule has 1 aliphatic rings. The molecule has 13 rings (SSSR count). The van der Waals surface area contributed by atoms with Gasteiger partial charge in [-0.2, -0.15) is 30.6 Å². The van der Waals surface area contributed by atoms with Gasteiger partial charge in [-0.15, -0.1) is 34.0 Å². The molecule has 31 nitrogen and oxygen atoms in total. The molecule has 0 saturated carbocycles. The SMILES string of the molecule is CCOCCn1cc(NC(=O)c2ccc(-c3cn[nH]c3)o2)c(-c2nccs2)n1.CCOCCn1cc(NC(=O)c2ccc(-c3cn[nH]c3)o2)c(-c2nccs2)n1.O=C(Nc1cn(C2CCOC2)nc1-c1nccs1)c1ccc(-c2cn[nH]c2)o1.O=CO.O=CO. The average Bonchev–Trinajstić information content (AvgIpc) is 1.86. The Morgan fingerprint density at radius 2 is 0.967 bits per heavy atom. The highest BCUT2D eigenvalue weighted by atomic mass is 32.1. The Morgan fingerprint density at radius 3 is 1.29 bits per heavy atom. The molecule has 0 radical (unpaired) electrons. The van der Waals surface area contributed by atoms with Gasteiger partial charge in [0.05, 0.1) is 91.3 Å². The molecule has 0 spiro atoms. The monoisotopic (exact) mass is 1280 g/mol. The largest absolute Gasteiger partial charge is 0.483 e. The second kappa shape index (κ2) is 32.3. The zero-order chi connectivity index (χ0) is 63.0. The van der Waals surface area contributed by atoms with E-state index in [0.29, 0.717) is 104 Å². The Hall–Kier alpha value is -10.8. The minimum atomic E-state index is -0.364. The van der Waals surface area contributed by atoms with Gasteiger partial charge in [0.15, 0.2) is 17.3 Å². The van der Waals surface area contributed by atoms with E-state index >= 15 is 0 Å². The number of anilines is 3. The molecule has 13 heterocycles. The molecule has 0 aliphatic carbocycles. The summed E-state index contributed by atoms with van der Waals surface area (Å²) < 4.78 is 38.5. The van der Waals surface area contributed by atoms with Crippen LogP contribution in [0.15, 0.2) is 140 Å². The highest BCUT2D eigenvalue weighted by Gasteiger charge is 2.25. The molecule has 1 aliphatic heterocycles. The minimum absolute atomic E-state index is 0.153. The number of carbonyl (C=O) groups excluding carboxylic acids is 3. The summed E-state index contributed by atoms with van der Waals surface area (Å²) in [6.07, 6.45) is 21.4. The summed E-state index contributed by atoms with van der Waals surface area (Å²) in [7, 11) is 0. The van der Waals surface area contributed by atoms with Crippen LogP contribution in [0.2, 0.25) is 0 Å². The van der Waals surface area contributed by atoms with Crippen molar-refractivity contribution in [1.82, 2.24) is 74.9 Å². The van der Waals surface area contributed by atoms with Crippen molar-refractivity contribution in [2.45, 2.75) is 39.4 Å². The van der Waals surface area contributed by atoms with Crippen molar-refractivity contribution in [3.8, 4) is 66.1 Å². The van der Waals surface area contributed by atoms with Crippen molar-refractivity contribution < 1.29 is 61.6 Å². The van der Waals surface area contributed by atoms with E-state index in [-0.39, 0.29) is 54.0 Å². The summed E-state index contributed by atoms with van der Waals surface area (Å²) in [6, 6.07) is 10.2. The molecular weight excluding hydrogens is 1230 g/mol. The normalized spacial score (nSPS) is 12.3. The molecule has 3 amide bonds. The zero-order valence-electron chi connectivity index (χ0n) is 47.7. The number of H-pyrrole nitrogens is 3. The Kier molecular flexibility index (Phi) is 22.8. The Labute approximate surface area is 521 Å². The molecule has 0 aromatic carbocycles. The fourth-order valence-electron chi connectivity index (χ4n) is 8.31. The number of ether oxygens (including phenoxy) is 3. The number of amides is 3. The molecule has 12 aromatic heterocycles. The molecule has 1 saturated heterocycles. The van der Waals surface area contributed by atoms with E-state index in [9.17, 15) is 14.4 Å². The predicted molar refractivity (Wildman–Crippen MR) is 328 cm³/mol. The van der Waals surface area contributed by atoms with Crippen LogP contribution in [0.1, 0.15) is 58.0 Å². The summed E-state index contributed by atoms with van der Waals surface area (Å²) in [5.74, 6) is 1.21. The number of aromatic nitrogens is 15. The third-order valence-corrected chi connectivity index (χ3v) is 14.7. The summed E-state index contributed by atoms with van der Waals surface area (Å²) in [5, 5.41) is 63.8. The van der Waals surface area contributed by atoms with Gasteiger partial charge in [0.1, 0.15) is 49.4 Å². The smallest absolute Gasteiger partial charge is 0.291 e. The molecule has 90 heavy (non-hydrogen) atoms. The van der Waals surface area contributed by atoms with Crippen LogP contribution in [0.25, 0.3) is 66.1 Å². The maximum atomic E-state index is 12.7. The Morgan fingerprint density at radius 1 is 0.589 bits per heavy atom. The van der Waals surface area contributed by atoms with E-state index in [1.165, 1.54) is 34.0 Å². The minimum Gasteiger partial charge on any atom is -0.483 e.